The quantitative estimate of drug-likeness (QED) is 0.219. The lowest BCUT2D eigenvalue weighted by Crippen LogP contribution is -2.40. The molecule has 8 nitrogen and oxygen atoms in total. The molecule has 43 heavy (non-hydrogen) atoms. The second kappa shape index (κ2) is 13.1. The number of methoxy groups -OCH3 is 2. The zero-order valence-corrected chi connectivity index (χ0v) is 26.2. The van der Waals surface area contributed by atoms with Gasteiger partial charge in [0.25, 0.3) is 5.56 Å². The lowest BCUT2D eigenvalue weighted by atomic mass is 9.95. The molecule has 0 spiro atoms. The first kappa shape index (κ1) is 30.4. The van der Waals surface area contributed by atoms with Crippen molar-refractivity contribution in [2.75, 3.05) is 20.8 Å². The molecule has 1 atom stereocenters. The molecule has 222 valence electrons. The summed E-state index contributed by atoms with van der Waals surface area (Å²) in [7, 11) is 3.10. The molecule has 0 saturated heterocycles. The minimum Gasteiger partial charge on any atom is -0.496 e. The van der Waals surface area contributed by atoms with Crippen LogP contribution in [0.1, 0.15) is 36.6 Å². The van der Waals surface area contributed by atoms with Crippen molar-refractivity contribution in [3.05, 3.63) is 118 Å². The summed E-state index contributed by atoms with van der Waals surface area (Å²) in [6.07, 6.45) is 1.77. The average Bonchev–Trinajstić information content (AvgIpc) is 3.30. The van der Waals surface area contributed by atoms with Crippen molar-refractivity contribution in [3.8, 4) is 17.2 Å². The van der Waals surface area contributed by atoms with Crippen LogP contribution >= 0.6 is 34.5 Å². The SMILES string of the molecule is CCOC(=O)C1=C(C)N=c2sc(=Cc3ccccc3OC)c(=O)n2[C@@H]1c1ccc(OCc2ccc(Cl)cc2Cl)c(OC)c1. The topological polar surface area (TPSA) is 88.4 Å². The van der Waals surface area contributed by atoms with Crippen LogP contribution < -0.4 is 29.1 Å². The van der Waals surface area contributed by atoms with E-state index in [0.29, 0.717) is 47.9 Å². The van der Waals surface area contributed by atoms with E-state index in [4.69, 9.17) is 42.1 Å². The number of carbonyl (C=O) groups is 1. The van der Waals surface area contributed by atoms with Gasteiger partial charge in [-0.05, 0) is 55.8 Å². The molecule has 1 aliphatic heterocycles. The number of para-hydroxylation sites is 1. The van der Waals surface area contributed by atoms with Gasteiger partial charge in [0.2, 0.25) is 0 Å². The molecule has 5 rings (SSSR count). The molecule has 0 radical (unpaired) electrons. The van der Waals surface area contributed by atoms with Crippen LogP contribution in [0.25, 0.3) is 6.08 Å². The van der Waals surface area contributed by atoms with Crippen molar-refractivity contribution in [1.29, 1.82) is 0 Å². The molecule has 0 bridgehead atoms. The van der Waals surface area contributed by atoms with Gasteiger partial charge in [-0.3, -0.25) is 9.36 Å². The Balaban J connectivity index is 1.61. The van der Waals surface area contributed by atoms with Crippen LogP contribution in [-0.4, -0.2) is 31.4 Å². The Kier molecular flexibility index (Phi) is 9.25. The first-order valence-electron chi connectivity index (χ1n) is 13.3. The summed E-state index contributed by atoms with van der Waals surface area (Å²) in [4.78, 5) is 32.3. The number of fused-ring (bicyclic) bond motifs is 1. The molecule has 0 aliphatic carbocycles. The number of aromatic nitrogens is 1. The fourth-order valence-corrected chi connectivity index (χ4v) is 6.30. The minimum atomic E-state index is -0.816. The standard InChI is InChI=1S/C32H28Cl2N2O6S/c1-5-41-31(38)28-18(2)35-32-36(30(37)27(43-32)15-19-8-6-7-9-24(19)39-3)29(28)20-11-13-25(26(14-20)40-4)42-17-21-10-12-22(33)16-23(21)34/h6-16,29H,5,17H2,1-4H3/t29-/m1/s1. The van der Waals surface area contributed by atoms with Gasteiger partial charge in [-0.1, -0.05) is 64.9 Å². The summed E-state index contributed by atoms with van der Waals surface area (Å²) in [5.74, 6) is 0.953. The zero-order chi connectivity index (χ0) is 30.7. The second-order valence-corrected chi connectivity index (χ2v) is 11.3. The second-order valence-electron chi connectivity index (χ2n) is 9.48. The third-order valence-electron chi connectivity index (χ3n) is 6.84. The third kappa shape index (κ3) is 6.20. The number of allylic oxidation sites excluding steroid dienone is 1. The van der Waals surface area contributed by atoms with Crippen molar-refractivity contribution in [2.24, 2.45) is 4.99 Å². The van der Waals surface area contributed by atoms with Crippen LogP contribution in [0.4, 0.5) is 0 Å². The van der Waals surface area contributed by atoms with Gasteiger partial charge in [0, 0.05) is 21.2 Å². The Hall–Kier alpha value is -4.05. The van der Waals surface area contributed by atoms with Gasteiger partial charge in [0.15, 0.2) is 16.3 Å². The monoisotopic (exact) mass is 638 g/mol. The molecule has 1 aliphatic rings. The highest BCUT2D eigenvalue weighted by molar-refractivity contribution is 7.07. The van der Waals surface area contributed by atoms with E-state index in [2.05, 4.69) is 4.99 Å². The number of thiazole rings is 1. The predicted molar refractivity (Wildman–Crippen MR) is 167 cm³/mol. The van der Waals surface area contributed by atoms with E-state index in [1.807, 2.05) is 24.3 Å². The molecule has 0 N–H and O–H groups in total. The first-order valence-corrected chi connectivity index (χ1v) is 14.9. The van der Waals surface area contributed by atoms with Crippen LogP contribution in [0.2, 0.25) is 10.0 Å². The summed E-state index contributed by atoms with van der Waals surface area (Å²) in [5.41, 5.74) is 2.55. The fourth-order valence-electron chi connectivity index (χ4n) is 4.80. The number of benzene rings is 3. The van der Waals surface area contributed by atoms with Crippen LogP contribution in [0.5, 0.6) is 17.2 Å². The maximum atomic E-state index is 14.0. The van der Waals surface area contributed by atoms with Crippen molar-refractivity contribution < 1.29 is 23.7 Å². The molecular weight excluding hydrogens is 611 g/mol. The van der Waals surface area contributed by atoms with Gasteiger partial charge in [0.05, 0.1) is 42.7 Å². The van der Waals surface area contributed by atoms with E-state index in [-0.39, 0.29) is 24.3 Å². The summed E-state index contributed by atoms with van der Waals surface area (Å²) in [6.45, 7) is 3.82. The smallest absolute Gasteiger partial charge is 0.338 e. The van der Waals surface area contributed by atoms with E-state index in [1.165, 1.54) is 23.0 Å². The van der Waals surface area contributed by atoms with Crippen LogP contribution in [-0.2, 0) is 16.1 Å². The molecule has 2 heterocycles. The Bertz CT molecular complexity index is 1910. The summed E-state index contributed by atoms with van der Waals surface area (Å²) in [6, 6.07) is 17.1. The van der Waals surface area contributed by atoms with Crippen molar-refractivity contribution in [3.63, 3.8) is 0 Å². The first-order chi connectivity index (χ1) is 20.7. The number of carbonyl (C=O) groups excluding carboxylic acids is 1. The van der Waals surface area contributed by atoms with Crippen LogP contribution in [0.15, 0.2) is 81.7 Å². The molecule has 4 aromatic rings. The number of rotatable bonds is 9. The van der Waals surface area contributed by atoms with Gasteiger partial charge in [-0.2, -0.15) is 0 Å². The number of esters is 1. The number of nitrogens with zero attached hydrogens (tertiary/aromatic N) is 2. The van der Waals surface area contributed by atoms with Gasteiger partial charge in [0.1, 0.15) is 12.4 Å². The van der Waals surface area contributed by atoms with Gasteiger partial charge in [-0.15, -0.1) is 0 Å². The number of hydrogen-bond donors (Lipinski definition) is 0. The van der Waals surface area contributed by atoms with E-state index in [1.54, 1.807) is 63.4 Å². The summed E-state index contributed by atoms with van der Waals surface area (Å²) >= 11 is 13.6. The molecule has 1 aromatic heterocycles. The molecule has 3 aromatic carbocycles. The van der Waals surface area contributed by atoms with Crippen molar-refractivity contribution in [2.45, 2.75) is 26.5 Å². The maximum absolute atomic E-state index is 14.0. The fraction of sp³-hybridized carbons (Fsp3) is 0.219. The summed E-state index contributed by atoms with van der Waals surface area (Å²) in [5, 5.41) is 1.01. The normalized spacial score (nSPS) is 14.7. The Morgan fingerprint density at radius 3 is 2.51 bits per heavy atom. The highest BCUT2D eigenvalue weighted by Crippen LogP contribution is 2.37. The van der Waals surface area contributed by atoms with Gasteiger partial charge >= 0.3 is 5.97 Å². The third-order valence-corrected chi connectivity index (χ3v) is 8.41. The molecular formula is C32H28Cl2N2O6S. The lowest BCUT2D eigenvalue weighted by molar-refractivity contribution is -0.139. The Labute approximate surface area is 262 Å². The van der Waals surface area contributed by atoms with Crippen molar-refractivity contribution in [1.82, 2.24) is 4.57 Å². The molecule has 11 heteroatoms. The minimum absolute atomic E-state index is 0.171. The number of ether oxygens (including phenoxy) is 4. The van der Waals surface area contributed by atoms with Gasteiger partial charge in [-0.25, -0.2) is 9.79 Å². The van der Waals surface area contributed by atoms with Gasteiger partial charge < -0.3 is 18.9 Å². The predicted octanol–water partition coefficient (Wildman–Crippen LogP) is 5.70. The molecule has 0 fully saturated rings. The maximum Gasteiger partial charge on any atom is 0.338 e. The number of hydrogen-bond acceptors (Lipinski definition) is 8. The largest absolute Gasteiger partial charge is 0.496 e. The Morgan fingerprint density at radius 1 is 1.02 bits per heavy atom. The Morgan fingerprint density at radius 2 is 1.79 bits per heavy atom. The highest BCUT2D eigenvalue weighted by atomic mass is 35.5. The van der Waals surface area contributed by atoms with E-state index in [0.717, 1.165) is 11.1 Å². The lowest BCUT2D eigenvalue weighted by Gasteiger charge is -2.25. The summed E-state index contributed by atoms with van der Waals surface area (Å²) < 4.78 is 24.6. The van der Waals surface area contributed by atoms with E-state index < -0.39 is 12.0 Å². The average molecular weight is 640 g/mol. The number of halogens is 2. The molecule has 0 saturated carbocycles. The van der Waals surface area contributed by atoms with E-state index >= 15 is 0 Å². The molecule has 0 unspecified atom stereocenters. The van der Waals surface area contributed by atoms with Crippen molar-refractivity contribution >= 4 is 46.6 Å². The van der Waals surface area contributed by atoms with Crippen LogP contribution in [0, 0.1) is 0 Å². The highest BCUT2D eigenvalue weighted by Gasteiger charge is 2.34. The van der Waals surface area contributed by atoms with Crippen LogP contribution in [0.3, 0.4) is 0 Å². The zero-order valence-electron chi connectivity index (χ0n) is 23.9. The molecule has 0 amide bonds. The van der Waals surface area contributed by atoms with E-state index in [9.17, 15) is 9.59 Å².